The molecule has 0 aromatic heterocycles. The van der Waals surface area contributed by atoms with Crippen LogP contribution in [-0.4, -0.2) is 54.5 Å². The number of urea groups is 1. The molecule has 2 fully saturated rings. The fraction of sp³-hybridized carbons (Fsp3) is 0.929. The van der Waals surface area contributed by atoms with Gasteiger partial charge >= 0.3 is 6.03 Å². The summed E-state index contributed by atoms with van der Waals surface area (Å²) in [5.41, 5.74) is -0.831. The molecule has 2 N–H and O–H groups in total. The van der Waals surface area contributed by atoms with Gasteiger partial charge in [-0.3, -0.25) is 0 Å². The van der Waals surface area contributed by atoms with Gasteiger partial charge in [-0.1, -0.05) is 12.8 Å². The van der Waals surface area contributed by atoms with E-state index in [-0.39, 0.29) is 11.6 Å². The number of nitrogens with zero attached hydrogens (tertiary/aromatic N) is 1. The summed E-state index contributed by atoms with van der Waals surface area (Å²) < 4.78 is 5.47. The Morgan fingerprint density at radius 2 is 1.89 bits per heavy atom. The first-order chi connectivity index (χ1) is 8.99. The summed E-state index contributed by atoms with van der Waals surface area (Å²) in [6.07, 6.45) is 6.89. The van der Waals surface area contributed by atoms with Crippen LogP contribution in [0.15, 0.2) is 0 Å². The molecular formula is C14H26N2O3. The topological polar surface area (TPSA) is 61.8 Å². The highest BCUT2D eigenvalue weighted by atomic mass is 16.5. The van der Waals surface area contributed by atoms with Crippen LogP contribution in [0.2, 0.25) is 0 Å². The minimum Gasteiger partial charge on any atom is -0.388 e. The molecule has 0 aromatic carbocycles. The van der Waals surface area contributed by atoms with Crippen LogP contribution in [0.4, 0.5) is 4.79 Å². The molecule has 0 radical (unpaired) electrons. The Labute approximate surface area is 115 Å². The van der Waals surface area contributed by atoms with Crippen molar-refractivity contribution in [3.05, 3.63) is 0 Å². The van der Waals surface area contributed by atoms with E-state index in [1.807, 2.05) is 0 Å². The van der Waals surface area contributed by atoms with Crippen LogP contribution in [0, 0.1) is 0 Å². The van der Waals surface area contributed by atoms with Gasteiger partial charge in [0, 0.05) is 20.7 Å². The van der Waals surface area contributed by atoms with E-state index in [1.165, 1.54) is 6.42 Å². The lowest BCUT2D eigenvalue weighted by atomic mass is 9.80. The molecule has 2 aliphatic carbocycles. The number of methoxy groups -OCH3 is 1. The molecule has 0 heterocycles. The van der Waals surface area contributed by atoms with Crippen molar-refractivity contribution in [2.45, 2.75) is 56.1 Å². The third-order valence-corrected chi connectivity index (χ3v) is 4.67. The van der Waals surface area contributed by atoms with Crippen molar-refractivity contribution < 1.29 is 14.6 Å². The van der Waals surface area contributed by atoms with E-state index >= 15 is 0 Å². The Balaban J connectivity index is 1.76. The molecule has 2 amide bonds. The first-order valence-corrected chi connectivity index (χ1v) is 7.25. The molecule has 2 aliphatic rings. The monoisotopic (exact) mass is 270 g/mol. The lowest BCUT2D eigenvalue weighted by Gasteiger charge is -2.41. The normalized spacial score (nSPS) is 23.7. The summed E-state index contributed by atoms with van der Waals surface area (Å²) in [7, 11) is 3.45. The predicted octanol–water partition coefficient (Wildman–Crippen LogP) is 1.50. The number of aliphatic hydroxyl groups is 1. The second-order valence-corrected chi connectivity index (χ2v) is 6.19. The van der Waals surface area contributed by atoms with E-state index < -0.39 is 5.60 Å². The molecule has 5 nitrogen and oxygen atoms in total. The predicted molar refractivity (Wildman–Crippen MR) is 73.0 cm³/mol. The Kier molecular flexibility index (Phi) is 4.36. The molecule has 5 heteroatoms. The highest BCUT2D eigenvalue weighted by Crippen LogP contribution is 2.34. The summed E-state index contributed by atoms with van der Waals surface area (Å²) in [6.45, 7) is 0.976. The summed E-state index contributed by atoms with van der Waals surface area (Å²) in [5, 5.41) is 13.2. The van der Waals surface area contributed by atoms with Gasteiger partial charge < -0.3 is 20.1 Å². The fourth-order valence-corrected chi connectivity index (χ4v) is 3.10. The van der Waals surface area contributed by atoms with Gasteiger partial charge in [0.1, 0.15) is 0 Å². The van der Waals surface area contributed by atoms with E-state index in [2.05, 4.69) is 5.32 Å². The third kappa shape index (κ3) is 3.39. The van der Waals surface area contributed by atoms with Crippen molar-refractivity contribution in [2.75, 3.05) is 27.2 Å². The van der Waals surface area contributed by atoms with E-state index in [9.17, 15) is 9.90 Å². The van der Waals surface area contributed by atoms with Gasteiger partial charge in [0.15, 0.2) is 0 Å². The number of hydrogen-bond acceptors (Lipinski definition) is 3. The smallest absolute Gasteiger partial charge is 0.317 e. The van der Waals surface area contributed by atoms with Crippen molar-refractivity contribution in [1.82, 2.24) is 10.2 Å². The largest absolute Gasteiger partial charge is 0.388 e. The summed E-state index contributed by atoms with van der Waals surface area (Å²) in [6, 6.07) is -0.122. The summed E-state index contributed by atoms with van der Waals surface area (Å²) in [4.78, 5) is 13.6. The fourth-order valence-electron chi connectivity index (χ4n) is 3.10. The zero-order valence-electron chi connectivity index (χ0n) is 12.1. The van der Waals surface area contributed by atoms with Crippen LogP contribution >= 0.6 is 0 Å². The maximum Gasteiger partial charge on any atom is 0.317 e. The van der Waals surface area contributed by atoms with Crippen molar-refractivity contribution in [1.29, 1.82) is 0 Å². The highest BCUT2D eigenvalue weighted by Gasteiger charge is 2.38. The first kappa shape index (κ1) is 14.6. The highest BCUT2D eigenvalue weighted by molar-refractivity contribution is 5.74. The Bertz CT molecular complexity index is 317. The maximum atomic E-state index is 12.0. The zero-order valence-corrected chi connectivity index (χ0v) is 12.1. The minimum absolute atomic E-state index is 0.122. The van der Waals surface area contributed by atoms with Gasteiger partial charge in [0.2, 0.25) is 0 Å². The molecule has 0 spiro atoms. The number of nitrogens with one attached hydrogen (secondary N) is 1. The quantitative estimate of drug-likeness (QED) is 0.796. The standard InChI is InChI=1S/C14H26N2O3/c1-16(11-13(18)6-3-4-7-13)12(17)15-10-14(19-2)8-5-9-14/h18H,3-11H2,1-2H3,(H,15,17). The number of hydrogen-bond donors (Lipinski definition) is 2. The van der Waals surface area contributed by atoms with Crippen molar-refractivity contribution in [3.8, 4) is 0 Å². The number of carbonyl (C=O) groups is 1. The van der Waals surface area contributed by atoms with Crippen molar-refractivity contribution in [2.24, 2.45) is 0 Å². The number of carbonyl (C=O) groups excluding carboxylic acids is 1. The van der Waals surface area contributed by atoms with Crippen LogP contribution < -0.4 is 5.32 Å². The summed E-state index contributed by atoms with van der Waals surface area (Å²) in [5.74, 6) is 0. The first-order valence-electron chi connectivity index (χ1n) is 7.25. The molecule has 19 heavy (non-hydrogen) atoms. The Hall–Kier alpha value is -0.810. The van der Waals surface area contributed by atoms with E-state index in [4.69, 9.17) is 4.74 Å². The number of rotatable bonds is 5. The molecule has 110 valence electrons. The minimum atomic E-state index is -0.679. The maximum absolute atomic E-state index is 12.0. The second kappa shape index (κ2) is 5.67. The van der Waals surface area contributed by atoms with Crippen molar-refractivity contribution in [3.63, 3.8) is 0 Å². The van der Waals surface area contributed by atoms with Crippen LogP contribution in [-0.2, 0) is 4.74 Å². The third-order valence-electron chi connectivity index (χ3n) is 4.67. The number of likely N-dealkylation sites (N-methyl/N-ethyl adjacent to an activating group) is 1. The van der Waals surface area contributed by atoms with E-state index in [0.717, 1.165) is 38.5 Å². The zero-order chi connectivity index (χ0) is 13.9. The Morgan fingerprint density at radius 1 is 1.26 bits per heavy atom. The molecule has 0 unspecified atom stereocenters. The molecule has 0 aromatic rings. The molecule has 0 saturated heterocycles. The second-order valence-electron chi connectivity index (χ2n) is 6.19. The van der Waals surface area contributed by atoms with Gasteiger partial charge in [0.05, 0.1) is 17.7 Å². The lowest BCUT2D eigenvalue weighted by Crippen LogP contribution is -2.53. The lowest BCUT2D eigenvalue weighted by molar-refractivity contribution is -0.0680. The Morgan fingerprint density at radius 3 is 2.37 bits per heavy atom. The number of amides is 2. The molecule has 0 bridgehead atoms. The molecule has 0 atom stereocenters. The van der Waals surface area contributed by atoms with E-state index in [1.54, 1.807) is 19.1 Å². The average Bonchev–Trinajstić information content (AvgIpc) is 2.74. The van der Waals surface area contributed by atoms with Crippen LogP contribution in [0.5, 0.6) is 0 Å². The molecular weight excluding hydrogens is 244 g/mol. The van der Waals surface area contributed by atoms with Gasteiger partial charge in [-0.15, -0.1) is 0 Å². The SMILES string of the molecule is COC1(CNC(=O)N(C)CC2(O)CCCC2)CCC1. The van der Waals surface area contributed by atoms with Gasteiger partial charge in [-0.25, -0.2) is 4.79 Å². The van der Waals surface area contributed by atoms with Gasteiger partial charge in [-0.2, -0.15) is 0 Å². The van der Waals surface area contributed by atoms with Crippen LogP contribution in [0.1, 0.15) is 44.9 Å². The summed E-state index contributed by atoms with van der Waals surface area (Å²) >= 11 is 0. The number of ether oxygens (including phenoxy) is 1. The van der Waals surface area contributed by atoms with Gasteiger partial charge in [0.25, 0.3) is 0 Å². The molecule has 0 aliphatic heterocycles. The molecule has 2 rings (SSSR count). The van der Waals surface area contributed by atoms with E-state index in [0.29, 0.717) is 13.1 Å². The van der Waals surface area contributed by atoms with Gasteiger partial charge in [-0.05, 0) is 32.1 Å². The molecule has 2 saturated carbocycles. The van der Waals surface area contributed by atoms with Crippen LogP contribution in [0.25, 0.3) is 0 Å². The average molecular weight is 270 g/mol. The van der Waals surface area contributed by atoms with Crippen molar-refractivity contribution >= 4 is 6.03 Å². The van der Waals surface area contributed by atoms with Crippen LogP contribution in [0.3, 0.4) is 0 Å².